The van der Waals surface area contributed by atoms with E-state index in [1.165, 1.54) is 10.9 Å². The summed E-state index contributed by atoms with van der Waals surface area (Å²) in [6.07, 6.45) is 0. The highest BCUT2D eigenvalue weighted by atomic mass is 79.9. The van der Waals surface area contributed by atoms with E-state index in [1.807, 2.05) is 19.9 Å². The topological polar surface area (TPSA) is 21.3 Å². The van der Waals surface area contributed by atoms with E-state index in [1.54, 1.807) is 30.6 Å². The molecule has 0 saturated carbocycles. The molecular weight excluding hydrogens is 341 g/mol. The predicted molar refractivity (Wildman–Crippen MR) is 85.2 cm³/mol. The van der Waals surface area contributed by atoms with Crippen molar-refractivity contribution >= 4 is 27.3 Å². The molecule has 5 heteroatoms. The fourth-order valence-corrected chi connectivity index (χ4v) is 3.79. The maximum absolute atomic E-state index is 14.3. The molecule has 0 spiro atoms. The molecule has 1 aromatic carbocycles. The number of benzene rings is 1. The minimum absolute atomic E-state index is 0.203. The summed E-state index contributed by atoms with van der Waals surface area (Å²) >= 11 is 5.17. The summed E-state index contributed by atoms with van der Waals surface area (Å²) in [5, 5.41) is 3.34. The number of rotatable bonds is 5. The van der Waals surface area contributed by atoms with E-state index in [4.69, 9.17) is 4.74 Å². The summed E-state index contributed by atoms with van der Waals surface area (Å²) in [7, 11) is 1.57. The SMILES string of the molecule is CCNC(c1cc(Br)c(C)s1)c1c(F)cccc1OC. The Labute approximate surface area is 131 Å². The molecule has 0 bridgehead atoms. The number of thiophene rings is 1. The van der Waals surface area contributed by atoms with Crippen molar-refractivity contribution < 1.29 is 9.13 Å². The van der Waals surface area contributed by atoms with Crippen LogP contribution < -0.4 is 10.1 Å². The molecule has 0 amide bonds. The van der Waals surface area contributed by atoms with E-state index < -0.39 is 0 Å². The largest absolute Gasteiger partial charge is 0.496 e. The average molecular weight is 358 g/mol. The maximum Gasteiger partial charge on any atom is 0.132 e. The molecule has 2 aromatic rings. The van der Waals surface area contributed by atoms with Gasteiger partial charge in [0.25, 0.3) is 0 Å². The van der Waals surface area contributed by atoms with Crippen LogP contribution in [0.25, 0.3) is 0 Å². The van der Waals surface area contributed by atoms with Gasteiger partial charge in [-0.25, -0.2) is 4.39 Å². The summed E-state index contributed by atoms with van der Waals surface area (Å²) in [6, 6.07) is 6.76. The summed E-state index contributed by atoms with van der Waals surface area (Å²) in [5.74, 6) is 0.315. The second kappa shape index (κ2) is 6.70. The minimum atomic E-state index is -0.252. The van der Waals surface area contributed by atoms with E-state index in [0.29, 0.717) is 11.3 Å². The monoisotopic (exact) mass is 357 g/mol. The third kappa shape index (κ3) is 3.05. The van der Waals surface area contributed by atoms with Gasteiger partial charge in [-0.15, -0.1) is 11.3 Å². The minimum Gasteiger partial charge on any atom is -0.496 e. The Balaban J connectivity index is 2.53. The van der Waals surface area contributed by atoms with Crippen LogP contribution in [-0.2, 0) is 0 Å². The lowest BCUT2D eigenvalue weighted by molar-refractivity contribution is 0.398. The Morgan fingerprint density at radius 1 is 1.45 bits per heavy atom. The normalized spacial score (nSPS) is 12.4. The Hall–Kier alpha value is -0.910. The molecule has 0 aliphatic rings. The molecule has 1 unspecified atom stereocenters. The molecule has 2 nitrogen and oxygen atoms in total. The first-order valence-corrected chi connectivity index (χ1v) is 8.01. The van der Waals surface area contributed by atoms with Crippen molar-refractivity contribution in [3.05, 3.63) is 49.9 Å². The van der Waals surface area contributed by atoms with Crippen LogP contribution in [0.5, 0.6) is 5.75 Å². The molecule has 108 valence electrons. The molecular formula is C15H17BrFNOS. The van der Waals surface area contributed by atoms with Crippen molar-refractivity contribution in [3.63, 3.8) is 0 Å². The first kappa shape index (κ1) is 15.5. The zero-order valence-corrected chi connectivity index (χ0v) is 14.1. The lowest BCUT2D eigenvalue weighted by atomic mass is 10.0. The highest BCUT2D eigenvalue weighted by Crippen LogP contribution is 2.38. The number of ether oxygens (including phenoxy) is 1. The number of aryl methyl sites for hydroxylation is 1. The summed E-state index contributed by atoms with van der Waals surface area (Å²) in [6.45, 7) is 4.80. The van der Waals surface area contributed by atoms with Gasteiger partial charge in [0.2, 0.25) is 0 Å². The third-order valence-electron chi connectivity index (χ3n) is 3.09. The van der Waals surface area contributed by atoms with Gasteiger partial charge in [0, 0.05) is 14.2 Å². The molecule has 1 N–H and O–H groups in total. The molecule has 0 saturated heterocycles. The molecule has 0 aliphatic carbocycles. The van der Waals surface area contributed by atoms with E-state index in [9.17, 15) is 4.39 Å². The van der Waals surface area contributed by atoms with Crippen LogP contribution in [0.4, 0.5) is 4.39 Å². The number of nitrogens with one attached hydrogen (secondary N) is 1. The van der Waals surface area contributed by atoms with Crippen molar-refractivity contribution in [1.29, 1.82) is 0 Å². The zero-order valence-electron chi connectivity index (χ0n) is 11.7. The molecule has 1 atom stereocenters. The summed E-state index contributed by atoms with van der Waals surface area (Å²) in [4.78, 5) is 2.25. The Morgan fingerprint density at radius 3 is 2.75 bits per heavy atom. The molecule has 0 fully saturated rings. The number of hydrogen-bond donors (Lipinski definition) is 1. The Kier molecular flexibility index (Phi) is 5.18. The Bertz CT molecular complexity index is 580. The van der Waals surface area contributed by atoms with Crippen LogP contribution in [0.2, 0.25) is 0 Å². The third-order valence-corrected chi connectivity index (χ3v) is 5.29. The van der Waals surface area contributed by atoms with Crippen LogP contribution in [0, 0.1) is 12.7 Å². The van der Waals surface area contributed by atoms with Gasteiger partial charge in [0.1, 0.15) is 11.6 Å². The molecule has 20 heavy (non-hydrogen) atoms. The van der Waals surface area contributed by atoms with E-state index >= 15 is 0 Å². The highest BCUT2D eigenvalue weighted by Gasteiger charge is 2.23. The van der Waals surface area contributed by atoms with Gasteiger partial charge in [-0.1, -0.05) is 13.0 Å². The maximum atomic E-state index is 14.3. The standard InChI is InChI=1S/C15H17BrFNOS/c1-4-18-15(13-8-10(16)9(2)20-13)14-11(17)6-5-7-12(14)19-3/h5-8,15,18H,4H2,1-3H3. The van der Waals surface area contributed by atoms with E-state index in [2.05, 4.69) is 21.2 Å². The van der Waals surface area contributed by atoms with E-state index in [0.717, 1.165) is 15.9 Å². The van der Waals surface area contributed by atoms with Crippen molar-refractivity contribution in [2.45, 2.75) is 19.9 Å². The first-order chi connectivity index (χ1) is 9.58. The van der Waals surface area contributed by atoms with Gasteiger partial charge in [-0.3, -0.25) is 0 Å². The van der Waals surface area contributed by atoms with Crippen LogP contribution in [0.3, 0.4) is 0 Å². The van der Waals surface area contributed by atoms with E-state index in [-0.39, 0.29) is 11.9 Å². The van der Waals surface area contributed by atoms with Gasteiger partial charge in [0.15, 0.2) is 0 Å². The molecule has 0 aliphatic heterocycles. The smallest absolute Gasteiger partial charge is 0.132 e. The van der Waals surface area contributed by atoms with Crippen LogP contribution in [0.15, 0.2) is 28.7 Å². The van der Waals surface area contributed by atoms with Gasteiger partial charge in [0.05, 0.1) is 18.7 Å². The lowest BCUT2D eigenvalue weighted by Crippen LogP contribution is -2.22. The predicted octanol–water partition coefficient (Wildman–Crippen LogP) is 4.67. The molecule has 1 aromatic heterocycles. The lowest BCUT2D eigenvalue weighted by Gasteiger charge is -2.20. The van der Waals surface area contributed by atoms with Crippen LogP contribution in [0.1, 0.15) is 28.3 Å². The van der Waals surface area contributed by atoms with Crippen LogP contribution in [-0.4, -0.2) is 13.7 Å². The number of hydrogen-bond acceptors (Lipinski definition) is 3. The number of halogens is 2. The van der Waals surface area contributed by atoms with Gasteiger partial charge in [-0.2, -0.15) is 0 Å². The summed E-state index contributed by atoms with van der Waals surface area (Å²) < 4.78 is 20.7. The fourth-order valence-electron chi connectivity index (χ4n) is 2.15. The van der Waals surface area contributed by atoms with Crippen LogP contribution >= 0.6 is 27.3 Å². The van der Waals surface area contributed by atoms with Gasteiger partial charge < -0.3 is 10.1 Å². The average Bonchev–Trinajstić information content (AvgIpc) is 2.76. The molecule has 2 rings (SSSR count). The van der Waals surface area contributed by atoms with Crippen molar-refractivity contribution in [3.8, 4) is 5.75 Å². The van der Waals surface area contributed by atoms with Crippen molar-refractivity contribution in [2.75, 3.05) is 13.7 Å². The highest BCUT2D eigenvalue weighted by molar-refractivity contribution is 9.10. The molecule has 0 radical (unpaired) electrons. The molecule has 1 heterocycles. The second-order valence-corrected chi connectivity index (χ2v) is 6.54. The first-order valence-electron chi connectivity index (χ1n) is 6.40. The number of methoxy groups -OCH3 is 1. The second-order valence-electron chi connectivity index (χ2n) is 4.40. The zero-order chi connectivity index (χ0) is 14.7. The van der Waals surface area contributed by atoms with Gasteiger partial charge in [-0.05, 0) is 47.6 Å². The van der Waals surface area contributed by atoms with Crippen molar-refractivity contribution in [1.82, 2.24) is 5.32 Å². The Morgan fingerprint density at radius 2 is 2.20 bits per heavy atom. The fraction of sp³-hybridized carbons (Fsp3) is 0.333. The quantitative estimate of drug-likeness (QED) is 0.839. The summed E-state index contributed by atoms with van der Waals surface area (Å²) in [5.41, 5.74) is 0.561. The van der Waals surface area contributed by atoms with Gasteiger partial charge >= 0.3 is 0 Å². The van der Waals surface area contributed by atoms with Crippen molar-refractivity contribution in [2.24, 2.45) is 0 Å².